The lowest BCUT2D eigenvalue weighted by atomic mass is 9.73. The molecule has 1 aromatic heterocycles. The maximum absolute atomic E-state index is 14.4. The average molecular weight is 650 g/mol. The molecule has 6 rings (SSSR count). The number of alkyl halides is 2. The molecule has 1 aliphatic carbocycles. The zero-order valence-electron chi connectivity index (χ0n) is 26.8. The molecule has 1 saturated carbocycles. The van der Waals surface area contributed by atoms with Crippen molar-refractivity contribution >= 4 is 11.6 Å². The Morgan fingerprint density at radius 3 is 2.49 bits per heavy atom. The molecule has 2 saturated heterocycles. The molecule has 2 aliphatic heterocycles. The van der Waals surface area contributed by atoms with Crippen molar-refractivity contribution in [1.29, 1.82) is 0 Å². The fourth-order valence-electron chi connectivity index (χ4n) is 7.36. The van der Waals surface area contributed by atoms with Gasteiger partial charge in [-0.3, -0.25) is 14.2 Å². The summed E-state index contributed by atoms with van der Waals surface area (Å²) in [6, 6.07) is 17.3. The summed E-state index contributed by atoms with van der Waals surface area (Å²) in [6.07, 6.45) is 7.02. The number of nitrogens with one attached hydrogen (secondary N) is 1. The zero-order chi connectivity index (χ0) is 33.0. The number of anilines is 1. The lowest BCUT2D eigenvalue weighted by molar-refractivity contribution is -0.145. The van der Waals surface area contributed by atoms with Gasteiger partial charge in [0, 0.05) is 43.8 Å². The minimum atomic E-state index is -2.81. The summed E-state index contributed by atoms with van der Waals surface area (Å²) in [5.41, 5.74) is 6.16. The number of benzene rings is 2. The van der Waals surface area contributed by atoms with Crippen LogP contribution in [0.3, 0.4) is 0 Å². The second kappa shape index (κ2) is 14.1. The third-order valence-corrected chi connectivity index (χ3v) is 10.2. The summed E-state index contributed by atoms with van der Waals surface area (Å²) in [5, 5.41) is 15.0. The molecule has 9 nitrogen and oxygen atoms in total. The van der Waals surface area contributed by atoms with Crippen molar-refractivity contribution in [1.82, 2.24) is 19.8 Å². The van der Waals surface area contributed by atoms with Crippen LogP contribution in [-0.4, -0.2) is 62.7 Å². The van der Waals surface area contributed by atoms with Gasteiger partial charge in [0.05, 0.1) is 12.1 Å². The van der Waals surface area contributed by atoms with E-state index in [9.17, 15) is 23.5 Å². The van der Waals surface area contributed by atoms with Crippen LogP contribution in [0.5, 0.6) is 11.6 Å². The van der Waals surface area contributed by atoms with Crippen LogP contribution in [0.2, 0.25) is 0 Å². The molecule has 4 N–H and O–H groups in total. The van der Waals surface area contributed by atoms with Gasteiger partial charge in [-0.25, -0.2) is 13.8 Å². The number of nitrogen functional groups attached to an aromatic ring is 1. The number of hydrogen-bond acceptors (Lipinski definition) is 7. The summed E-state index contributed by atoms with van der Waals surface area (Å²) in [6.45, 7) is 1.57. The highest BCUT2D eigenvalue weighted by Crippen LogP contribution is 2.46. The van der Waals surface area contributed by atoms with Crippen LogP contribution >= 0.6 is 0 Å². The third-order valence-electron chi connectivity index (χ3n) is 10.2. The van der Waals surface area contributed by atoms with Crippen molar-refractivity contribution in [2.45, 2.75) is 94.2 Å². The van der Waals surface area contributed by atoms with E-state index in [0.29, 0.717) is 11.8 Å². The quantitative estimate of drug-likeness (QED) is 0.289. The summed E-state index contributed by atoms with van der Waals surface area (Å²) < 4.78 is 35.9. The molecule has 1 unspecified atom stereocenters. The predicted octanol–water partition coefficient (Wildman–Crippen LogP) is 5.27. The van der Waals surface area contributed by atoms with Gasteiger partial charge < -0.3 is 25.8 Å². The first-order valence-corrected chi connectivity index (χ1v) is 16.9. The molecule has 0 bridgehead atoms. The molecule has 3 atom stereocenters. The molecule has 0 spiro atoms. The van der Waals surface area contributed by atoms with Gasteiger partial charge in [-0.15, -0.1) is 0 Å². The zero-order valence-corrected chi connectivity index (χ0v) is 26.8. The standard InChI is InChI=1S/C36H45F2N5O4/c37-36(38)16-15-29(30(22-36)26-6-2-1-3-7-26)33(44)42-20-17-35(46,18-21-42)23-43-24-41-32(31(39)34(43)45)47-28-13-10-25(11-14-28)9-12-27-8-4-5-19-40-27/h1-3,6-7,10-11,13-14,24,27,29-30,40,46H,4-5,8-9,12,15-23,39H2/t27?,29-,30+/m1/s1. The number of nitrogens with two attached hydrogens (primary N) is 1. The average Bonchev–Trinajstić information content (AvgIpc) is 3.08. The Morgan fingerprint density at radius 2 is 1.79 bits per heavy atom. The van der Waals surface area contributed by atoms with Crippen LogP contribution < -0.4 is 21.3 Å². The summed E-state index contributed by atoms with van der Waals surface area (Å²) in [7, 11) is 0. The van der Waals surface area contributed by atoms with Crippen molar-refractivity contribution in [3.05, 3.63) is 82.4 Å². The number of aliphatic hydroxyl groups is 1. The minimum absolute atomic E-state index is 0.00356. The van der Waals surface area contributed by atoms with E-state index in [0.717, 1.165) is 24.9 Å². The Balaban J connectivity index is 1.04. The fourth-order valence-corrected chi connectivity index (χ4v) is 7.36. The van der Waals surface area contributed by atoms with Crippen LogP contribution in [0.4, 0.5) is 14.5 Å². The highest BCUT2D eigenvalue weighted by molar-refractivity contribution is 5.80. The molecule has 3 fully saturated rings. The van der Waals surface area contributed by atoms with Crippen molar-refractivity contribution in [3.8, 4) is 11.6 Å². The van der Waals surface area contributed by atoms with Crippen LogP contribution in [-0.2, 0) is 17.8 Å². The SMILES string of the molecule is Nc1c(Oc2ccc(CCC3CCCCN3)cc2)ncn(CC2(O)CCN(C(=O)[C@@H]3CCC(F)(F)C[C@H]3c3ccccc3)CC2)c1=O. The number of carbonyl (C=O) groups excluding carboxylic acids is 1. The van der Waals surface area contributed by atoms with E-state index >= 15 is 0 Å². The molecule has 0 radical (unpaired) electrons. The van der Waals surface area contributed by atoms with E-state index in [1.165, 1.54) is 35.7 Å². The van der Waals surface area contributed by atoms with E-state index in [2.05, 4.69) is 10.3 Å². The van der Waals surface area contributed by atoms with Crippen molar-refractivity contribution in [2.75, 3.05) is 25.4 Å². The van der Waals surface area contributed by atoms with Gasteiger partial charge >= 0.3 is 0 Å². The number of amides is 1. The molecule has 252 valence electrons. The summed E-state index contributed by atoms with van der Waals surface area (Å²) >= 11 is 0. The molecule has 47 heavy (non-hydrogen) atoms. The van der Waals surface area contributed by atoms with Crippen molar-refractivity contribution in [3.63, 3.8) is 0 Å². The van der Waals surface area contributed by atoms with E-state index in [-0.39, 0.29) is 69.2 Å². The number of hydrogen-bond donors (Lipinski definition) is 3. The highest BCUT2D eigenvalue weighted by atomic mass is 19.3. The Morgan fingerprint density at radius 1 is 1.04 bits per heavy atom. The maximum Gasteiger partial charge on any atom is 0.280 e. The topological polar surface area (TPSA) is 123 Å². The molecule has 1 amide bonds. The number of ether oxygens (including phenoxy) is 1. The predicted molar refractivity (Wildman–Crippen MR) is 176 cm³/mol. The Labute approximate surface area is 274 Å². The number of aryl methyl sites for hydroxylation is 1. The second-order valence-corrected chi connectivity index (χ2v) is 13.6. The minimum Gasteiger partial charge on any atom is -0.437 e. The van der Waals surface area contributed by atoms with E-state index in [4.69, 9.17) is 10.5 Å². The lowest BCUT2D eigenvalue weighted by Gasteiger charge is -2.42. The lowest BCUT2D eigenvalue weighted by Crippen LogP contribution is -2.52. The molecule has 2 aromatic carbocycles. The Hall–Kier alpha value is -3.83. The van der Waals surface area contributed by atoms with Crippen LogP contribution in [0.1, 0.15) is 74.8 Å². The van der Waals surface area contributed by atoms with Crippen LogP contribution in [0.15, 0.2) is 65.7 Å². The van der Waals surface area contributed by atoms with Gasteiger partial charge in [-0.1, -0.05) is 48.9 Å². The Kier molecular flexibility index (Phi) is 9.93. The number of carbonyl (C=O) groups is 1. The van der Waals surface area contributed by atoms with Gasteiger partial charge in [0.2, 0.25) is 17.7 Å². The fraction of sp³-hybridized carbons (Fsp3) is 0.528. The number of halogens is 2. The third kappa shape index (κ3) is 8.01. The molecule has 3 heterocycles. The second-order valence-electron chi connectivity index (χ2n) is 13.6. The van der Waals surface area contributed by atoms with Gasteiger partial charge in [-0.05, 0) is 74.8 Å². The summed E-state index contributed by atoms with van der Waals surface area (Å²) in [4.78, 5) is 32.7. The van der Waals surface area contributed by atoms with Gasteiger partial charge in [0.1, 0.15) is 12.1 Å². The normalized spacial score (nSPS) is 24.1. The van der Waals surface area contributed by atoms with Gasteiger partial charge in [0.25, 0.3) is 5.56 Å². The van der Waals surface area contributed by atoms with Crippen LogP contribution in [0.25, 0.3) is 0 Å². The molecule has 3 aliphatic rings. The van der Waals surface area contributed by atoms with Crippen LogP contribution in [0, 0.1) is 5.92 Å². The Bertz CT molecular complexity index is 1570. The highest BCUT2D eigenvalue weighted by Gasteiger charge is 2.46. The molecular formula is C36H45F2N5O4. The first-order valence-electron chi connectivity index (χ1n) is 16.9. The van der Waals surface area contributed by atoms with Gasteiger partial charge in [-0.2, -0.15) is 0 Å². The largest absolute Gasteiger partial charge is 0.437 e. The number of aromatic nitrogens is 2. The molecule has 3 aromatic rings. The first-order chi connectivity index (χ1) is 22.6. The number of rotatable bonds is 9. The number of likely N-dealkylation sites (tertiary alicyclic amines) is 1. The smallest absolute Gasteiger partial charge is 0.280 e. The first kappa shape index (κ1) is 33.1. The number of piperidine rings is 2. The molecular weight excluding hydrogens is 604 g/mol. The van der Waals surface area contributed by atoms with E-state index < -0.39 is 28.9 Å². The van der Waals surface area contributed by atoms with Crippen molar-refractivity contribution in [2.24, 2.45) is 5.92 Å². The van der Waals surface area contributed by atoms with Gasteiger partial charge in [0.15, 0.2) is 5.69 Å². The number of nitrogens with zero attached hydrogens (tertiary/aromatic N) is 3. The summed E-state index contributed by atoms with van der Waals surface area (Å²) in [5.74, 6) is -3.55. The van der Waals surface area contributed by atoms with E-state index in [1.807, 2.05) is 42.5 Å². The monoisotopic (exact) mass is 649 g/mol. The van der Waals surface area contributed by atoms with Crippen molar-refractivity contribution < 1.29 is 23.4 Å². The molecule has 11 heteroatoms. The maximum atomic E-state index is 14.4. The van der Waals surface area contributed by atoms with E-state index in [1.54, 1.807) is 17.0 Å².